The minimum atomic E-state index is -0.892. The lowest BCUT2D eigenvalue weighted by molar-refractivity contribution is 0.0696. The Morgan fingerprint density at radius 1 is 0.917 bits per heavy atom. The first-order chi connectivity index (χ1) is 11.6. The van der Waals surface area contributed by atoms with Crippen molar-refractivity contribution in [3.05, 3.63) is 71.0 Å². The Hall–Kier alpha value is -2.24. The summed E-state index contributed by atoms with van der Waals surface area (Å²) in [5.41, 5.74) is 2.35. The van der Waals surface area contributed by atoms with Crippen LogP contribution in [0.2, 0.25) is 0 Å². The van der Waals surface area contributed by atoms with Gasteiger partial charge in [0.1, 0.15) is 5.82 Å². The van der Waals surface area contributed by atoms with E-state index in [-0.39, 0.29) is 5.82 Å². The summed E-state index contributed by atoms with van der Waals surface area (Å²) in [5, 5.41) is 9.06. The van der Waals surface area contributed by atoms with E-state index in [1.54, 1.807) is 30.3 Å². The van der Waals surface area contributed by atoms with Gasteiger partial charge in [0.2, 0.25) is 0 Å². The highest BCUT2D eigenvalue weighted by Crippen LogP contribution is 2.13. The van der Waals surface area contributed by atoms with Gasteiger partial charge in [-0.2, -0.15) is 0 Å². The normalized spacial score (nSPS) is 16.2. The van der Waals surface area contributed by atoms with Crippen molar-refractivity contribution in [3.8, 4) is 0 Å². The van der Waals surface area contributed by atoms with Crippen LogP contribution in [0.25, 0.3) is 0 Å². The molecule has 3 rings (SSSR count). The van der Waals surface area contributed by atoms with E-state index in [0.29, 0.717) is 5.56 Å². The summed E-state index contributed by atoms with van der Waals surface area (Å²) in [6, 6.07) is 13.9. The first-order valence-corrected chi connectivity index (χ1v) is 8.11. The van der Waals surface area contributed by atoms with Gasteiger partial charge in [-0.3, -0.25) is 9.80 Å². The van der Waals surface area contributed by atoms with Crippen LogP contribution >= 0.6 is 0 Å². The number of carboxylic acid groups (broad SMARTS) is 1. The Kier molecular flexibility index (Phi) is 5.23. The maximum atomic E-state index is 13.2. The maximum absolute atomic E-state index is 13.2. The fourth-order valence-electron chi connectivity index (χ4n) is 3.06. The van der Waals surface area contributed by atoms with Crippen molar-refractivity contribution in [1.29, 1.82) is 0 Å². The van der Waals surface area contributed by atoms with Crippen molar-refractivity contribution in [2.45, 2.75) is 13.1 Å². The number of benzene rings is 2. The molecule has 0 radical (unpaired) electrons. The van der Waals surface area contributed by atoms with Crippen LogP contribution in [0.5, 0.6) is 0 Å². The molecule has 4 nitrogen and oxygen atoms in total. The molecule has 0 aromatic heterocycles. The maximum Gasteiger partial charge on any atom is 0.335 e. The average Bonchev–Trinajstić information content (AvgIpc) is 2.57. The molecule has 0 unspecified atom stereocenters. The molecule has 0 spiro atoms. The van der Waals surface area contributed by atoms with E-state index >= 15 is 0 Å². The molecule has 126 valence electrons. The molecule has 1 aliphatic heterocycles. The van der Waals surface area contributed by atoms with Crippen molar-refractivity contribution in [1.82, 2.24) is 9.80 Å². The summed E-state index contributed by atoms with van der Waals surface area (Å²) >= 11 is 0. The molecule has 1 heterocycles. The van der Waals surface area contributed by atoms with Crippen molar-refractivity contribution in [2.75, 3.05) is 26.2 Å². The molecule has 0 aliphatic carbocycles. The third-order valence-corrected chi connectivity index (χ3v) is 4.34. The van der Waals surface area contributed by atoms with Crippen molar-refractivity contribution in [2.24, 2.45) is 0 Å². The number of carbonyl (C=O) groups is 1. The van der Waals surface area contributed by atoms with Gasteiger partial charge in [-0.15, -0.1) is 0 Å². The van der Waals surface area contributed by atoms with Crippen LogP contribution in [-0.4, -0.2) is 47.1 Å². The predicted molar refractivity (Wildman–Crippen MR) is 90.4 cm³/mol. The molecule has 24 heavy (non-hydrogen) atoms. The summed E-state index contributed by atoms with van der Waals surface area (Å²) in [7, 11) is 0. The highest BCUT2D eigenvalue weighted by molar-refractivity contribution is 5.87. The van der Waals surface area contributed by atoms with Gasteiger partial charge >= 0.3 is 5.97 Å². The van der Waals surface area contributed by atoms with Crippen LogP contribution in [0.3, 0.4) is 0 Å². The Labute approximate surface area is 141 Å². The fourth-order valence-corrected chi connectivity index (χ4v) is 3.06. The molecule has 1 N–H and O–H groups in total. The number of nitrogens with zero attached hydrogens (tertiary/aromatic N) is 2. The van der Waals surface area contributed by atoms with Gasteiger partial charge in [-0.05, 0) is 35.4 Å². The van der Waals surface area contributed by atoms with E-state index in [1.165, 1.54) is 6.07 Å². The Morgan fingerprint density at radius 3 is 2.00 bits per heavy atom. The number of hydrogen-bond acceptors (Lipinski definition) is 3. The average molecular weight is 328 g/mol. The number of rotatable bonds is 5. The van der Waals surface area contributed by atoms with Crippen LogP contribution in [0.15, 0.2) is 48.5 Å². The van der Waals surface area contributed by atoms with E-state index in [2.05, 4.69) is 9.80 Å². The summed E-state index contributed by atoms with van der Waals surface area (Å²) in [5.74, 6) is -1.08. The van der Waals surface area contributed by atoms with E-state index in [0.717, 1.165) is 50.4 Å². The molecular formula is C19H21FN2O2. The molecule has 2 aromatic carbocycles. The van der Waals surface area contributed by atoms with Crippen molar-refractivity contribution < 1.29 is 14.3 Å². The summed E-state index contributed by atoms with van der Waals surface area (Å²) in [4.78, 5) is 15.7. The van der Waals surface area contributed by atoms with Gasteiger partial charge in [-0.25, -0.2) is 9.18 Å². The van der Waals surface area contributed by atoms with Gasteiger partial charge in [0.05, 0.1) is 5.56 Å². The lowest BCUT2D eigenvalue weighted by Gasteiger charge is -2.34. The first-order valence-electron chi connectivity index (χ1n) is 8.11. The van der Waals surface area contributed by atoms with Gasteiger partial charge in [0.25, 0.3) is 0 Å². The van der Waals surface area contributed by atoms with E-state index in [4.69, 9.17) is 5.11 Å². The van der Waals surface area contributed by atoms with Crippen LogP contribution in [0.1, 0.15) is 21.5 Å². The van der Waals surface area contributed by atoms with E-state index in [1.807, 2.05) is 12.1 Å². The number of halogens is 1. The van der Waals surface area contributed by atoms with Crippen LogP contribution < -0.4 is 0 Å². The van der Waals surface area contributed by atoms with Crippen molar-refractivity contribution >= 4 is 5.97 Å². The molecule has 5 heteroatoms. The second-order valence-corrected chi connectivity index (χ2v) is 6.19. The van der Waals surface area contributed by atoms with Crippen LogP contribution in [0.4, 0.5) is 4.39 Å². The smallest absolute Gasteiger partial charge is 0.335 e. The lowest BCUT2D eigenvalue weighted by Crippen LogP contribution is -2.45. The lowest BCUT2D eigenvalue weighted by atomic mass is 10.1. The van der Waals surface area contributed by atoms with Gasteiger partial charge in [0, 0.05) is 39.3 Å². The van der Waals surface area contributed by atoms with E-state index < -0.39 is 5.97 Å². The van der Waals surface area contributed by atoms with Gasteiger partial charge in [-0.1, -0.05) is 24.3 Å². The third-order valence-electron chi connectivity index (χ3n) is 4.34. The van der Waals surface area contributed by atoms with E-state index in [9.17, 15) is 9.18 Å². The SMILES string of the molecule is O=C(O)c1cccc(CN2CCN(Cc3cccc(F)c3)CC2)c1. The Balaban J connectivity index is 1.52. The number of aromatic carboxylic acids is 1. The quantitative estimate of drug-likeness (QED) is 0.917. The fraction of sp³-hybridized carbons (Fsp3) is 0.316. The second kappa shape index (κ2) is 7.55. The summed E-state index contributed by atoms with van der Waals surface area (Å²) in [6.45, 7) is 5.22. The van der Waals surface area contributed by atoms with Crippen LogP contribution in [0, 0.1) is 5.82 Å². The standard InChI is InChI=1S/C19H21FN2O2/c20-18-6-2-4-16(12-18)14-22-9-7-21(8-10-22)13-15-3-1-5-17(11-15)19(23)24/h1-6,11-12H,7-10,13-14H2,(H,23,24). The van der Waals surface area contributed by atoms with Crippen LogP contribution in [-0.2, 0) is 13.1 Å². The Bertz CT molecular complexity index is 712. The van der Waals surface area contributed by atoms with Crippen molar-refractivity contribution in [3.63, 3.8) is 0 Å². The zero-order chi connectivity index (χ0) is 16.9. The molecule has 1 fully saturated rings. The molecule has 0 amide bonds. The highest BCUT2D eigenvalue weighted by Gasteiger charge is 2.17. The second-order valence-electron chi connectivity index (χ2n) is 6.19. The zero-order valence-electron chi connectivity index (χ0n) is 13.5. The third kappa shape index (κ3) is 4.40. The summed E-state index contributed by atoms with van der Waals surface area (Å²) < 4.78 is 13.2. The van der Waals surface area contributed by atoms with Gasteiger partial charge < -0.3 is 5.11 Å². The molecule has 0 saturated carbocycles. The summed E-state index contributed by atoms with van der Waals surface area (Å²) in [6.07, 6.45) is 0. The molecule has 0 bridgehead atoms. The number of hydrogen-bond donors (Lipinski definition) is 1. The number of piperazine rings is 1. The monoisotopic (exact) mass is 328 g/mol. The predicted octanol–water partition coefficient (Wildman–Crippen LogP) is 2.84. The molecule has 1 aliphatic rings. The molecular weight excluding hydrogens is 307 g/mol. The highest BCUT2D eigenvalue weighted by atomic mass is 19.1. The Morgan fingerprint density at radius 2 is 1.46 bits per heavy atom. The topological polar surface area (TPSA) is 43.8 Å². The number of carboxylic acids is 1. The molecule has 2 aromatic rings. The zero-order valence-corrected chi connectivity index (χ0v) is 13.5. The largest absolute Gasteiger partial charge is 0.478 e. The molecule has 1 saturated heterocycles. The minimum absolute atomic E-state index is 0.190. The minimum Gasteiger partial charge on any atom is -0.478 e. The first kappa shape index (κ1) is 16.6. The van der Waals surface area contributed by atoms with Gasteiger partial charge in [0.15, 0.2) is 0 Å². The molecule has 0 atom stereocenters.